The van der Waals surface area contributed by atoms with E-state index < -0.39 is 0 Å². The highest BCUT2D eigenvalue weighted by molar-refractivity contribution is 5.97. The minimum absolute atomic E-state index is 0.136. The van der Waals surface area contributed by atoms with Crippen molar-refractivity contribution >= 4 is 11.8 Å². The molecule has 2 heterocycles. The van der Waals surface area contributed by atoms with Gasteiger partial charge in [0.1, 0.15) is 29.2 Å². The van der Waals surface area contributed by atoms with Gasteiger partial charge in [0.25, 0.3) is 11.8 Å². The van der Waals surface area contributed by atoms with Gasteiger partial charge < -0.3 is 20.1 Å². The number of hydrogen-bond donors (Lipinski definition) is 2. The number of unbranched alkanes of at least 4 members (excludes halogenated alkanes) is 1. The lowest BCUT2D eigenvalue weighted by Gasteiger charge is -2.17. The standard InChI is InChI=1S/C29H34N4O4.C2H6/c1-3-5-6-23(4-2)37-24-10-7-20(8-11-24)17-30-28(34)25-16-26(33-19-32-25)29(35)31-18-21-9-12-27-22(15-21)13-14-36-27;1-2/h7-12,15-16,19,23H,3-6,13-14,17-18H2,1-2H3,(H,30,34)(H,31,35);1-2H3. The van der Waals surface area contributed by atoms with E-state index in [0.717, 1.165) is 60.3 Å². The Morgan fingerprint density at radius 1 is 0.923 bits per heavy atom. The molecular formula is C31H40N4O4. The molecule has 2 aromatic carbocycles. The molecule has 39 heavy (non-hydrogen) atoms. The van der Waals surface area contributed by atoms with Crippen LogP contribution in [0, 0.1) is 0 Å². The van der Waals surface area contributed by atoms with Gasteiger partial charge in [-0.2, -0.15) is 0 Å². The summed E-state index contributed by atoms with van der Waals surface area (Å²) in [6.07, 6.45) is 6.65. The second-order valence-corrected chi connectivity index (χ2v) is 9.13. The molecule has 8 nitrogen and oxygen atoms in total. The average Bonchev–Trinajstić information content (AvgIpc) is 3.46. The Kier molecular flexibility index (Phi) is 11.7. The van der Waals surface area contributed by atoms with E-state index in [2.05, 4.69) is 34.4 Å². The Morgan fingerprint density at radius 2 is 1.56 bits per heavy atom. The van der Waals surface area contributed by atoms with E-state index in [0.29, 0.717) is 19.7 Å². The second-order valence-electron chi connectivity index (χ2n) is 9.13. The lowest BCUT2D eigenvalue weighted by Crippen LogP contribution is -2.27. The number of amides is 2. The van der Waals surface area contributed by atoms with Crippen LogP contribution in [0.4, 0.5) is 0 Å². The number of carbonyl (C=O) groups excluding carboxylic acids is 2. The molecule has 1 atom stereocenters. The molecule has 3 aromatic rings. The van der Waals surface area contributed by atoms with Gasteiger partial charge in [0.05, 0.1) is 12.7 Å². The maximum Gasteiger partial charge on any atom is 0.270 e. The number of rotatable bonds is 12. The summed E-state index contributed by atoms with van der Waals surface area (Å²) in [6, 6.07) is 15.0. The monoisotopic (exact) mass is 532 g/mol. The number of ether oxygens (including phenoxy) is 2. The van der Waals surface area contributed by atoms with Gasteiger partial charge >= 0.3 is 0 Å². The molecule has 1 aliphatic rings. The molecule has 8 heteroatoms. The molecule has 0 bridgehead atoms. The number of benzene rings is 2. The van der Waals surface area contributed by atoms with Crippen LogP contribution in [-0.2, 0) is 19.5 Å². The Morgan fingerprint density at radius 3 is 2.21 bits per heavy atom. The lowest BCUT2D eigenvalue weighted by molar-refractivity contribution is 0.0944. The first-order chi connectivity index (χ1) is 19.1. The van der Waals surface area contributed by atoms with Gasteiger partial charge in [0, 0.05) is 25.6 Å². The zero-order valence-corrected chi connectivity index (χ0v) is 23.5. The third-order valence-electron chi connectivity index (χ3n) is 6.35. The second kappa shape index (κ2) is 15.5. The van der Waals surface area contributed by atoms with Crippen molar-refractivity contribution in [3.63, 3.8) is 0 Å². The van der Waals surface area contributed by atoms with Crippen molar-refractivity contribution in [3.8, 4) is 11.5 Å². The first-order valence-electron chi connectivity index (χ1n) is 13.9. The SMILES string of the molecule is CC.CCCCC(CC)Oc1ccc(CNC(=O)c2cc(C(=O)NCc3ccc4c(c3)CCO4)ncn2)cc1. The van der Waals surface area contributed by atoms with E-state index in [-0.39, 0.29) is 29.3 Å². The zero-order chi connectivity index (χ0) is 28.0. The van der Waals surface area contributed by atoms with Crippen LogP contribution < -0.4 is 20.1 Å². The molecule has 4 rings (SSSR count). The molecule has 0 saturated carbocycles. The van der Waals surface area contributed by atoms with Crippen molar-refractivity contribution in [2.75, 3.05) is 6.61 Å². The van der Waals surface area contributed by atoms with Crippen LogP contribution in [0.1, 0.15) is 91.0 Å². The van der Waals surface area contributed by atoms with Gasteiger partial charge in [-0.3, -0.25) is 9.59 Å². The number of nitrogens with zero attached hydrogens (tertiary/aromatic N) is 2. The topological polar surface area (TPSA) is 102 Å². The van der Waals surface area contributed by atoms with Gasteiger partial charge in [-0.1, -0.05) is 64.8 Å². The zero-order valence-electron chi connectivity index (χ0n) is 23.5. The van der Waals surface area contributed by atoms with Crippen LogP contribution in [0.5, 0.6) is 11.5 Å². The van der Waals surface area contributed by atoms with Crippen molar-refractivity contribution in [2.45, 2.75) is 79.0 Å². The largest absolute Gasteiger partial charge is 0.493 e. The number of carbonyl (C=O) groups is 2. The number of hydrogen-bond acceptors (Lipinski definition) is 6. The van der Waals surface area contributed by atoms with Crippen LogP contribution in [0.25, 0.3) is 0 Å². The number of fused-ring (bicyclic) bond motifs is 1. The van der Waals surface area contributed by atoms with Gasteiger partial charge in [0.2, 0.25) is 0 Å². The predicted octanol–water partition coefficient (Wildman–Crippen LogP) is 5.65. The minimum atomic E-state index is -0.374. The number of aromatic nitrogens is 2. The van der Waals surface area contributed by atoms with E-state index in [4.69, 9.17) is 9.47 Å². The fourth-order valence-electron chi connectivity index (χ4n) is 4.16. The van der Waals surface area contributed by atoms with Crippen LogP contribution in [0.15, 0.2) is 54.9 Å². The van der Waals surface area contributed by atoms with E-state index in [9.17, 15) is 9.59 Å². The van der Waals surface area contributed by atoms with E-state index in [1.165, 1.54) is 12.4 Å². The molecule has 0 radical (unpaired) electrons. The summed E-state index contributed by atoms with van der Waals surface area (Å²) in [6.45, 7) is 9.69. The molecule has 1 aliphatic heterocycles. The highest BCUT2D eigenvalue weighted by Crippen LogP contribution is 2.25. The quantitative estimate of drug-likeness (QED) is 0.313. The summed E-state index contributed by atoms with van der Waals surface area (Å²) in [4.78, 5) is 33.4. The molecule has 0 saturated heterocycles. The highest BCUT2D eigenvalue weighted by atomic mass is 16.5. The molecule has 1 aromatic heterocycles. The Labute approximate surface area is 231 Å². The normalized spacial score (nSPS) is 12.3. The molecule has 208 valence electrons. The van der Waals surface area contributed by atoms with E-state index in [1.807, 2.05) is 56.3 Å². The smallest absolute Gasteiger partial charge is 0.270 e. The number of nitrogens with one attached hydrogen (secondary N) is 2. The third-order valence-corrected chi connectivity index (χ3v) is 6.35. The van der Waals surface area contributed by atoms with Crippen molar-refractivity contribution in [1.29, 1.82) is 0 Å². The minimum Gasteiger partial charge on any atom is -0.493 e. The Hall–Kier alpha value is -3.94. The fraction of sp³-hybridized carbons (Fsp3) is 0.419. The van der Waals surface area contributed by atoms with E-state index in [1.54, 1.807) is 0 Å². The average molecular weight is 533 g/mol. The van der Waals surface area contributed by atoms with Gasteiger partial charge in [-0.25, -0.2) is 9.97 Å². The summed E-state index contributed by atoms with van der Waals surface area (Å²) < 4.78 is 11.6. The summed E-state index contributed by atoms with van der Waals surface area (Å²) in [5.41, 5.74) is 3.34. The Balaban J connectivity index is 0.00000205. The first-order valence-corrected chi connectivity index (χ1v) is 13.9. The molecule has 0 aliphatic carbocycles. The van der Waals surface area contributed by atoms with Gasteiger partial charge in [-0.05, 0) is 47.7 Å². The van der Waals surface area contributed by atoms with Gasteiger partial charge in [0.15, 0.2) is 0 Å². The highest BCUT2D eigenvalue weighted by Gasteiger charge is 2.15. The van der Waals surface area contributed by atoms with Crippen LogP contribution in [0.2, 0.25) is 0 Å². The molecule has 2 N–H and O–H groups in total. The molecule has 0 fully saturated rings. The Bertz CT molecular complexity index is 1210. The summed E-state index contributed by atoms with van der Waals surface area (Å²) >= 11 is 0. The van der Waals surface area contributed by atoms with Crippen LogP contribution >= 0.6 is 0 Å². The fourth-order valence-corrected chi connectivity index (χ4v) is 4.16. The van der Waals surface area contributed by atoms with Crippen molar-refractivity contribution in [2.24, 2.45) is 0 Å². The van der Waals surface area contributed by atoms with Crippen molar-refractivity contribution in [1.82, 2.24) is 20.6 Å². The van der Waals surface area contributed by atoms with Crippen LogP contribution in [0.3, 0.4) is 0 Å². The van der Waals surface area contributed by atoms with Crippen LogP contribution in [-0.4, -0.2) is 34.5 Å². The molecule has 1 unspecified atom stereocenters. The molecule has 0 spiro atoms. The maximum atomic E-state index is 12.7. The summed E-state index contributed by atoms with van der Waals surface area (Å²) in [5, 5.41) is 5.70. The molecular weight excluding hydrogens is 492 g/mol. The van der Waals surface area contributed by atoms with Crippen molar-refractivity contribution < 1.29 is 19.1 Å². The summed E-state index contributed by atoms with van der Waals surface area (Å²) in [7, 11) is 0. The third kappa shape index (κ3) is 8.80. The predicted molar refractivity (Wildman–Crippen MR) is 152 cm³/mol. The van der Waals surface area contributed by atoms with Gasteiger partial charge in [-0.15, -0.1) is 0 Å². The summed E-state index contributed by atoms with van der Waals surface area (Å²) in [5.74, 6) is 0.991. The lowest BCUT2D eigenvalue weighted by atomic mass is 10.1. The first kappa shape index (κ1) is 29.6. The van der Waals surface area contributed by atoms with Crippen molar-refractivity contribution in [3.05, 3.63) is 82.9 Å². The maximum absolute atomic E-state index is 12.7. The molecule has 2 amide bonds. The van der Waals surface area contributed by atoms with E-state index >= 15 is 0 Å².